The second-order valence-corrected chi connectivity index (χ2v) is 8.81. The Kier molecular flexibility index (Phi) is 5.14. The molecule has 30 heavy (non-hydrogen) atoms. The average molecular weight is 423 g/mol. The van der Waals surface area contributed by atoms with Crippen molar-refractivity contribution >= 4 is 32.6 Å². The van der Waals surface area contributed by atoms with Crippen LogP contribution in [0, 0.1) is 19.3 Å². The number of aromatic nitrogens is 4. The summed E-state index contributed by atoms with van der Waals surface area (Å²) in [6.07, 6.45) is 2.81. The van der Waals surface area contributed by atoms with Crippen LogP contribution in [0.5, 0.6) is 0 Å². The Morgan fingerprint density at radius 1 is 1.13 bits per heavy atom. The zero-order chi connectivity index (χ0) is 20.7. The van der Waals surface area contributed by atoms with Crippen molar-refractivity contribution in [2.45, 2.75) is 26.8 Å². The highest BCUT2D eigenvalue weighted by Crippen LogP contribution is 2.30. The maximum atomic E-state index is 8.84. The van der Waals surface area contributed by atoms with E-state index in [1.165, 1.54) is 0 Å². The fourth-order valence-corrected chi connectivity index (χ4v) is 5.19. The smallest absolute Gasteiger partial charge is 0.196 e. The van der Waals surface area contributed by atoms with Gasteiger partial charge in [-0.2, -0.15) is 0 Å². The van der Waals surface area contributed by atoms with E-state index in [1.54, 1.807) is 11.3 Å². The maximum absolute atomic E-state index is 8.84. The Morgan fingerprint density at radius 3 is 2.73 bits per heavy atom. The molecule has 156 valence electrons. The van der Waals surface area contributed by atoms with Gasteiger partial charge in [-0.05, 0) is 38.0 Å². The minimum Gasteiger partial charge on any atom is -0.379 e. The standard InChI is InChI=1S/C22H26N6OS/c1-15-16(2)28(22-25-17-6-3-4-7-18(17)30-22)21-19(15)20(23)27(14-24-21)9-5-8-26-10-12-29-13-11-26/h3-4,6-7,14,23H,5,8-13H2,1-2H3. The lowest BCUT2D eigenvalue weighted by Crippen LogP contribution is -2.37. The van der Waals surface area contributed by atoms with Crippen LogP contribution < -0.4 is 5.49 Å². The van der Waals surface area contributed by atoms with Crippen molar-refractivity contribution < 1.29 is 4.74 Å². The van der Waals surface area contributed by atoms with E-state index in [4.69, 9.17) is 20.1 Å². The third-order valence-electron chi connectivity index (χ3n) is 5.98. The summed E-state index contributed by atoms with van der Waals surface area (Å²) in [6, 6.07) is 8.18. The van der Waals surface area contributed by atoms with Crippen LogP contribution in [0.2, 0.25) is 0 Å². The van der Waals surface area contributed by atoms with Crippen molar-refractivity contribution in [2.75, 3.05) is 32.8 Å². The van der Waals surface area contributed by atoms with Crippen molar-refractivity contribution in [3.8, 4) is 5.13 Å². The predicted molar refractivity (Wildman–Crippen MR) is 119 cm³/mol. The lowest BCUT2D eigenvalue weighted by Gasteiger charge is -2.26. The number of aryl methyl sites for hydroxylation is 2. The van der Waals surface area contributed by atoms with E-state index >= 15 is 0 Å². The number of rotatable bonds is 5. The molecule has 1 aromatic carbocycles. The minimum atomic E-state index is 0.530. The summed E-state index contributed by atoms with van der Waals surface area (Å²) in [6.45, 7) is 9.63. The van der Waals surface area contributed by atoms with Crippen LogP contribution in [-0.2, 0) is 11.3 Å². The minimum absolute atomic E-state index is 0.530. The Balaban J connectivity index is 1.48. The van der Waals surface area contributed by atoms with Gasteiger partial charge in [0.25, 0.3) is 0 Å². The SMILES string of the molecule is Cc1c(C)n(-c2nc3ccccc3s2)c2ncn(CCCN3CCOCC3)c(=N)c12. The van der Waals surface area contributed by atoms with Crippen LogP contribution in [0.1, 0.15) is 17.7 Å². The third kappa shape index (κ3) is 3.34. The third-order valence-corrected chi connectivity index (χ3v) is 7.00. The molecule has 4 aromatic rings. The van der Waals surface area contributed by atoms with Gasteiger partial charge in [0, 0.05) is 31.9 Å². The molecule has 0 atom stereocenters. The van der Waals surface area contributed by atoms with Gasteiger partial charge < -0.3 is 9.30 Å². The number of ether oxygens (including phenoxy) is 1. The molecule has 1 saturated heterocycles. The van der Waals surface area contributed by atoms with Gasteiger partial charge in [-0.15, -0.1) is 0 Å². The number of fused-ring (bicyclic) bond motifs is 2. The van der Waals surface area contributed by atoms with E-state index < -0.39 is 0 Å². The molecule has 4 heterocycles. The Bertz CT molecular complexity index is 1230. The summed E-state index contributed by atoms with van der Waals surface area (Å²) < 4.78 is 10.7. The normalized spacial score (nSPS) is 15.4. The van der Waals surface area contributed by atoms with Gasteiger partial charge in [0.15, 0.2) is 10.8 Å². The quantitative estimate of drug-likeness (QED) is 0.536. The van der Waals surface area contributed by atoms with Crippen molar-refractivity contribution in [1.29, 1.82) is 5.41 Å². The summed E-state index contributed by atoms with van der Waals surface area (Å²) in [7, 11) is 0. The summed E-state index contributed by atoms with van der Waals surface area (Å²) in [4.78, 5) is 12.0. The molecule has 0 radical (unpaired) electrons. The molecule has 1 N–H and O–H groups in total. The topological polar surface area (TPSA) is 72.0 Å². The van der Waals surface area contributed by atoms with Crippen LogP contribution >= 0.6 is 11.3 Å². The number of benzene rings is 1. The number of morpholine rings is 1. The van der Waals surface area contributed by atoms with E-state index in [0.29, 0.717) is 5.49 Å². The first-order valence-electron chi connectivity index (χ1n) is 10.4. The zero-order valence-electron chi connectivity index (χ0n) is 17.4. The molecule has 5 rings (SSSR count). The van der Waals surface area contributed by atoms with Crippen LogP contribution in [0.4, 0.5) is 0 Å². The number of hydrogen-bond acceptors (Lipinski definition) is 6. The number of nitrogens with zero attached hydrogens (tertiary/aromatic N) is 5. The first-order valence-corrected chi connectivity index (χ1v) is 11.2. The van der Waals surface area contributed by atoms with Gasteiger partial charge in [0.2, 0.25) is 0 Å². The van der Waals surface area contributed by atoms with E-state index in [-0.39, 0.29) is 0 Å². The molecule has 0 spiro atoms. The largest absolute Gasteiger partial charge is 0.379 e. The van der Waals surface area contributed by atoms with Crippen molar-refractivity contribution in [2.24, 2.45) is 0 Å². The van der Waals surface area contributed by atoms with E-state index in [9.17, 15) is 0 Å². The van der Waals surface area contributed by atoms with Crippen molar-refractivity contribution in [3.63, 3.8) is 0 Å². The number of nitrogens with one attached hydrogen (secondary N) is 1. The van der Waals surface area contributed by atoms with Gasteiger partial charge in [-0.3, -0.25) is 14.9 Å². The van der Waals surface area contributed by atoms with Crippen molar-refractivity contribution in [3.05, 3.63) is 47.3 Å². The van der Waals surface area contributed by atoms with Gasteiger partial charge in [0.05, 0.1) is 35.1 Å². The molecular formula is C22H26N6OS. The first-order chi connectivity index (χ1) is 14.6. The molecule has 0 unspecified atom stereocenters. The Hall–Kier alpha value is -2.55. The molecule has 8 heteroatoms. The monoisotopic (exact) mass is 422 g/mol. The Labute approximate surface area is 179 Å². The number of para-hydroxylation sites is 1. The van der Waals surface area contributed by atoms with E-state index in [0.717, 1.165) is 83.5 Å². The highest BCUT2D eigenvalue weighted by atomic mass is 32.1. The van der Waals surface area contributed by atoms with Gasteiger partial charge in [0.1, 0.15) is 5.49 Å². The zero-order valence-corrected chi connectivity index (χ0v) is 18.2. The van der Waals surface area contributed by atoms with Crippen LogP contribution in [0.3, 0.4) is 0 Å². The summed E-state index contributed by atoms with van der Waals surface area (Å²) >= 11 is 1.66. The summed E-state index contributed by atoms with van der Waals surface area (Å²) in [5.41, 5.74) is 4.54. The van der Waals surface area contributed by atoms with Crippen LogP contribution in [-0.4, -0.2) is 56.9 Å². The molecule has 7 nitrogen and oxygen atoms in total. The summed E-state index contributed by atoms with van der Waals surface area (Å²) in [5, 5.41) is 10.7. The van der Waals surface area contributed by atoms with E-state index in [1.807, 2.05) is 29.1 Å². The molecule has 1 fully saturated rings. The summed E-state index contributed by atoms with van der Waals surface area (Å²) in [5.74, 6) is 0. The average Bonchev–Trinajstić information content (AvgIpc) is 3.29. The molecule has 0 amide bonds. The van der Waals surface area contributed by atoms with E-state index in [2.05, 4.69) is 29.4 Å². The number of thiazole rings is 1. The lowest BCUT2D eigenvalue weighted by atomic mass is 10.2. The van der Waals surface area contributed by atoms with Gasteiger partial charge >= 0.3 is 0 Å². The molecule has 1 aliphatic rings. The number of hydrogen-bond donors (Lipinski definition) is 1. The Morgan fingerprint density at radius 2 is 1.93 bits per heavy atom. The lowest BCUT2D eigenvalue weighted by molar-refractivity contribution is 0.0369. The fourth-order valence-electron chi connectivity index (χ4n) is 4.17. The second kappa shape index (κ2) is 7.94. The van der Waals surface area contributed by atoms with Gasteiger partial charge in [-0.1, -0.05) is 23.5 Å². The first kappa shape index (κ1) is 19.4. The highest BCUT2D eigenvalue weighted by Gasteiger charge is 2.19. The molecule has 1 aliphatic heterocycles. The molecule has 3 aromatic heterocycles. The highest BCUT2D eigenvalue weighted by molar-refractivity contribution is 7.20. The van der Waals surface area contributed by atoms with Gasteiger partial charge in [-0.25, -0.2) is 9.97 Å². The maximum Gasteiger partial charge on any atom is 0.196 e. The van der Waals surface area contributed by atoms with Crippen LogP contribution in [0.15, 0.2) is 30.6 Å². The predicted octanol–water partition coefficient (Wildman–Crippen LogP) is 3.26. The molecule has 0 bridgehead atoms. The molecular weight excluding hydrogens is 396 g/mol. The molecule has 0 aliphatic carbocycles. The van der Waals surface area contributed by atoms with Crippen molar-refractivity contribution in [1.82, 2.24) is 24.0 Å². The van der Waals surface area contributed by atoms with Crippen LogP contribution in [0.25, 0.3) is 26.4 Å². The fraction of sp³-hybridized carbons (Fsp3) is 0.409. The molecule has 0 saturated carbocycles. The second-order valence-electron chi connectivity index (χ2n) is 7.80.